The summed E-state index contributed by atoms with van der Waals surface area (Å²) in [5.74, 6) is 1.83. The van der Waals surface area contributed by atoms with Crippen LogP contribution in [0, 0.1) is 0 Å². The number of benzene rings is 2. The molecule has 2 aromatic heterocycles. The van der Waals surface area contributed by atoms with Crippen molar-refractivity contribution < 1.29 is 4.74 Å². The number of anilines is 2. The number of nitrogens with zero attached hydrogens (tertiary/aromatic N) is 6. The van der Waals surface area contributed by atoms with Crippen LogP contribution in [0.2, 0.25) is 0 Å². The summed E-state index contributed by atoms with van der Waals surface area (Å²) in [4.78, 5) is 13.8. The third-order valence-electron chi connectivity index (χ3n) is 5.36. The standard InChI is InChI=1S/C22H22N6O/c1-29-19-9-7-17(8-10-19)26-11-13-27(14-12-26)21-20-15-25-28(22(20)24-16-23-21)18-5-3-2-4-6-18/h2-10,15-16H,11-14H2,1H3. The first-order valence-electron chi connectivity index (χ1n) is 9.71. The smallest absolute Gasteiger partial charge is 0.168 e. The van der Waals surface area contributed by atoms with Crippen molar-refractivity contribution in [2.75, 3.05) is 43.1 Å². The third kappa shape index (κ3) is 3.24. The summed E-state index contributed by atoms with van der Waals surface area (Å²) in [6.45, 7) is 3.67. The maximum absolute atomic E-state index is 5.26. The van der Waals surface area contributed by atoms with Crippen LogP contribution >= 0.6 is 0 Å². The molecular formula is C22H22N6O. The molecule has 7 nitrogen and oxygen atoms in total. The molecule has 1 aliphatic heterocycles. The number of hydrogen-bond acceptors (Lipinski definition) is 6. The van der Waals surface area contributed by atoms with Crippen LogP contribution in [-0.2, 0) is 0 Å². The van der Waals surface area contributed by atoms with Crippen molar-refractivity contribution in [2.24, 2.45) is 0 Å². The SMILES string of the molecule is COc1ccc(N2CCN(c3ncnc4c3cnn4-c3ccccc3)CC2)cc1. The van der Waals surface area contributed by atoms with Gasteiger partial charge in [-0.15, -0.1) is 0 Å². The zero-order valence-corrected chi connectivity index (χ0v) is 16.3. The van der Waals surface area contributed by atoms with Crippen LogP contribution in [0.1, 0.15) is 0 Å². The average molecular weight is 386 g/mol. The molecule has 0 bridgehead atoms. The van der Waals surface area contributed by atoms with Crippen molar-refractivity contribution in [1.82, 2.24) is 19.7 Å². The molecule has 0 unspecified atom stereocenters. The summed E-state index contributed by atoms with van der Waals surface area (Å²) in [6.07, 6.45) is 3.50. The van der Waals surface area contributed by atoms with Gasteiger partial charge in [0.15, 0.2) is 5.65 Å². The Labute approximate surface area is 169 Å². The molecule has 0 N–H and O–H groups in total. The van der Waals surface area contributed by atoms with Crippen molar-refractivity contribution in [1.29, 1.82) is 0 Å². The number of hydrogen-bond donors (Lipinski definition) is 0. The first kappa shape index (κ1) is 17.5. The maximum atomic E-state index is 5.26. The third-order valence-corrected chi connectivity index (χ3v) is 5.36. The van der Waals surface area contributed by atoms with Crippen molar-refractivity contribution in [3.05, 3.63) is 67.1 Å². The Morgan fingerprint density at radius 1 is 0.793 bits per heavy atom. The van der Waals surface area contributed by atoms with Crippen LogP contribution in [-0.4, -0.2) is 53.0 Å². The van der Waals surface area contributed by atoms with E-state index in [9.17, 15) is 0 Å². The molecule has 0 radical (unpaired) electrons. The zero-order chi connectivity index (χ0) is 19.6. The van der Waals surface area contributed by atoms with Gasteiger partial charge in [-0.1, -0.05) is 18.2 Å². The summed E-state index contributed by atoms with van der Waals surface area (Å²) in [5.41, 5.74) is 3.05. The highest BCUT2D eigenvalue weighted by molar-refractivity contribution is 5.87. The molecule has 0 atom stereocenters. The predicted octanol–water partition coefficient (Wildman–Crippen LogP) is 3.15. The van der Waals surface area contributed by atoms with Crippen molar-refractivity contribution in [2.45, 2.75) is 0 Å². The number of para-hydroxylation sites is 1. The normalized spacial score (nSPS) is 14.4. The second-order valence-corrected chi connectivity index (χ2v) is 7.00. The molecule has 0 amide bonds. The summed E-state index contributed by atoms with van der Waals surface area (Å²) in [6, 6.07) is 18.3. The Morgan fingerprint density at radius 2 is 1.52 bits per heavy atom. The van der Waals surface area contributed by atoms with E-state index >= 15 is 0 Å². The average Bonchev–Trinajstić information content (AvgIpc) is 3.24. The van der Waals surface area contributed by atoms with E-state index in [2.05, 4.69) is 37.0 Å². The summed E-state index contributed by atoms with van der Waals surface area (Å²) in [5, 5.41) is 5.55. The summed E-state index contributed by atoms with van der Waals surface area (Å²) >= 11 is 0. The molecule has 2 aromatic carbocycles. The van der Waals surface area contributed by atoms with Crippen LogP contribution in [0.15, 0.2) is 67.1 Å². The lowest BCUT2D eigenvalue weighted by Crippen LogP contribution is -2.46. The lowest BCUT2D eigenvalue weighted by Gasteiger charge is -2.36. The van der Waals surface area contributed by atoms with Crippen LogP contribution in [0.25, 0.3) is 16.7 Å². The molecule has 0 saturated carbocycles. The Bertz CT molecular complexity index is 1100. The van der Waals surface area contributed by atoms with Gasteiger partial charge in [-0.2, -0.15) is 5.10 Å². The molecule has 1 saturated heterocycles. The van der Waals surface area contributed by atoms with Gasteiger partial charge in [0.25, 0.3) is 0 Å². The van der Waals surface area contributed by atoms with Gasteiger partial charge in [-0.25, -0.2) is 14.6 Å². The fourth-order valence-corrected chi connectivity index (χ4v) is 3.81. The topological polar surface area (TPSA) is 59.3 Å². The number of fused-ring (bicyclic) bond motifs is 1. The Kier molecular flexibility index (Phi) is 4.48. The lowest BCUT2D eigenvalue weighted by atomic mass is 10.2. The quantitative estimate of drug-likeness (QED) is 0.537. The number of rotatable bonds is 4. The van der Waals surface area contributed by atoms with E-state index in [-0.39, 0.29) is 0 Å². The number of ether oxygens (including phenoxy) is 1. The monoisotopic (exact) mass is 386 g/mol. The van der Waals surface area contributed by atoms with Crippen molar-refractivity contribution in [3.8, 4) is 11.4 Å². The number of piperazine rings is 1. The second kappa shape index (κ2) is 7.43. The Balaban J connectivity index is 1.37. The lowest BCUT2D eigenvalue weighted by molar-refractivity contribution is 0.415. The second-order valence-electron chi connectivity index (χ2n) is 7.00. The molecule has 3 heterocycles. The largest absolute Gasteiger partial charge is 0.497 e. The van der Waals surface area contributed by atoms with E-state index in [4.69, 9.17) is 4.74 Å². The van der Waals surface area contributed by atoms with E-state index in [1.165, 1.54) is 5.69 Å². The molecule has 7 heteroatoms. The van der Waals surface area contributed by atoms with Crippen LogP contribution in [0.5, 0.6) is 5.75 Å². The molecule has 29 heavy (non-hydrogen) atoms. The van der Waals surface area contributed by atoms with Crippen LogP contribution < -0.4 is 14.5 Å². The molecule has 5 rings (SSSR count). The molecule has 1 fully saturated rings. The van der Waals surface area contributed by atoms with Gasteiger partial charge in [-0.05, 0) is 36.4 Å². The predicted molar refractivity (Wildman–Crippen MR) is 114 cm³/mol. The highest BCUT2D eigenvalue weighted by Crippen LogP contribution is 2.27. The molecule has 0 aliphatic carbocycles. The Hall–Kier alpha value is -3.61. The summed E-state index contributed by atoms with van der Waals surface area (Å²) in [7, 11) is 1.69. The summed E-state index contributed by atoms with van der Waals surface area (Å²) < 4.78 is 7.13. The fraction of sp³-hybridized carbons (Fsp3) is 0.227. The van der Waals surface area contributed by atoms with Crippen LogP contribution in [0.3, 0.4) is 0 Å². The minimum atomic E-state index is 0.832. The van der Waals surface area contributed by atoms with Gasteiger partial charge < -0.3 is 14.5 Å². The van der Waals surface area contributed by atoms with E-state index in [1.54, 1.807) is 13.4 Å². The highest BCUT2D eigenvalue weighted by atomic mass is 16.5. The first-order valence-corrected chi connectivity index (χ1v) is 9.71. The molecule has 146 valence electrons. The molecule has 4 aromatic rings. The maximum Gasteiger partial charge on any atom is 0.168 e. The van der Waals surface area contributed by atoms with Crippen molar-refractivity contribution >= 4 is 22.5 Å². The van der Waals surface area contributed by atoms with E-state index < -0.39 is 0 Å². The van der Waals surface area contributed by atoms with Crippen molar-refractivity contribution in [3.63, 3.8) is 0 Å². The van der Waals surface area contributed by atoms with Gasteiger partial charge in [0.2, 0.25) is 0 Å². The van der Waals surface area contributed by atoms with Crippen LogP contribution in [0.4, 0.5) is 11.5 Å². The minimum Gasteiger partial charge on any atom is -0.497 e. The zero-order valence-electron chi connectivity index (χ0n) is 16.3. The number of methoxy groups -OCH3 is 1. The number of aromatic nitrogens is 4. The Morgan fingerprint density at radius 3 is 2.24 bits per heavy atom. The highest BCUT2D eigenvalue weighted by Gasteiger charge is 2.21. The molecule has 0 spiro atoms. The molecular weight excluding hydrogens is 364 g/mol. The first-order chi connectivity index (χ1) is 14.3. The van der Waals surface area contributed by atoms with Gasteiger partial charge in [0.1, 0.15) is 17.9 Å². The van der Waals surface area contributed by atoms with E-state index in [0.717, 1.165) is 54.5 Å². The fourth-order valence-electron chi connectivity index (χ4n) is 3.81. The van der Waals surface area contributed by atoms with E-state index in [0.29, 0.717) is 0 Å². The van der Waals surface area contributed by atoms with E-state index in [1.807, 2.05) is 53.3 Å². The van der Waals surface area contributed by atoms with Gasteiger partial charge >= 0.3 is 0 Å². The van der Waals surface area contributed by atoms with Gasteiger partial charge in [0, 0.05) is 31.9 Å². The van der Waals surface area contributed by atoms with Gasteiger partial charge in [-0.3, -0.25) is 0 Å². The minimum absolute atomic E-state index is 0.832. The molecule has 1 aliphatic rings. The van der Waals surface area contributed by atoms with Gasteiger partial charge in [0.05, 0.1) is 24.4 Å².